The molecule has 0 spiro atoms. The number of carbonyl (C=O) groups is 2. The van der Waals surface area contributed by atoms with Crippen LogP contribution in [0, 0.1) is 17.2 Å². The molecule has 29 heavy (non-hydrogen) atoms. The van der Waals surface area contributed by atoms with Gasteiger partial charge in [-0.2, -0.15) is 5.10 Å². The lowest BCUT2D eigenvalue weighted by Crippen LogP contribution is -2.43. The van der Waals surface area contributed by atoms with Gasteiger partial charge in [0.25, 0.3) is 0 Å². The molecule has 1 heterocycles. The second kappa shape index (κ2) is 7.93. The van der Waals surface area contributed by atoms with Gasteiger partial charge in [0.15, 0.2) is 0 Å². The Balaban J connectivity index is 1.63. The van der Waals surface area contributed by atoms with Crippen LogP contribution >= 0.6 is 0 Å². The summed E-state index contributed by atoms with van der Waals surface area (Å²) in [6.45, 7) is 3.45. The molecule has 6 heteroatoms. The second-order valence-corrected chi connectivity index (χ2v) is 8.35. The summed E-state index contributed by atoms with van der Waals surface area (Å²) >= 11 is 0. The smallest absolute Gasteiger partial charge is 0.209 e. The van der Waals surface area contributed by atoms with E-state index in [2.05, 4.69) is 18.1 Å². The molecule has 2 atom stereocenters. The fourth-order valence-electron chi connectivity index (χ4n) is 4.91. The molecule has 1 fully saturated rings. The Bertz CT molecular complexity index is 934. The van der Waals surface area contributed by atoms with Crippen LogP contribution < -0.4 is 0 Å². The zero-order valence-corrected chi connectivity index (χ0v) is 16.7. The number of benzene rings is 1. The van der Waals surface area contributed by atoms with Gasteiger partial charge in [0.05, 0.1) is 17.6 Å². The molecular weight excluding hydrogens is 369 g/mol. The number of nitrogens with zero attached hydrogens (tertiary/aromatic N) is 3. The fraction of sp³-hybridized carbons (Fsp3) is 0.435. The van der Waals surface area contributed by atoms with Gasteiger partial charge < -0.3 is 9.69 Å². The molecule has 5 nitrogen and oxygen atoms in total. The van der Waals surface area contributed by atoms with Gasteiger partial charge in [-0.05, 0) is 72.9 Å². The minimum absolute atomic E-state index is 0.0235. The largest absolute Gasteiger partial charge is 0.345 e. The third kappa shape index (κ3) is 3.63. The Kier molecular flexibility index (Phi) is 5.35. The standard InChI is InChI=1S/C23H26FN3O2/c1-23-13-17-14-25-27(21-8-6-20(24)7-9-21)22(17)12-18(23)4-2-5-19(23)15-26(16-29)10-3-11-28/h6-9,11-12,14,16,19H,2-5,10,13,15H2,1H3/t19?,23-/m0/s1. The van der Waals surface area contributed by atoms with E-state index in [1.165, 1.54) is 23.3 Å². The minimum atomic E-state index is -0.259. The van der Waals surface area contributed by atoms with E-state index >= 15 is 0 Å². The van der Waals surface area contributed by atoms with E-state index in [4.69, 9.17) is 0 Å². The van der Waals surface area contributed by atoms with Gasteiger partial charge in [0, 0.05) is 19.5 Å². The molecule has 0 saturated heterocycles. The van der Waals surface area contributed by atoms with Crippen LogP contribution in [0.3, 0.4) is 0 Å². The van der Waals surface area contributed by atoms with Crippen LogP contribution in [0.2, 0.25) is 0 Å². The van der Waals surface area contributed by atoms with Crippen molar-refractivity contribution in [1.29, 1.82) is 0 Å². The van der Waals surface area contributed by atoms with E-state index in [1.807, 2.05) is 10.9 Å². The van der Waals surface area contributed by atoms with Gasteiger partial charge in [0.1, 0.15) is 12.1 Å². The highest BCUT2D eigenvalue weighted by Gasteiger charge is 2.43. The molecule has 4 rings (SSSR count). The SMILES string of the molecule is C[C@]12Cc3cnn(-c4ccc(F)cc4)c3C=C1CCCC2CN(C=O)CCC=O. The number of hydrogen-bond donors (Lipinski definition) is 0. The Hall–Kier alpha value is -2.76. The highest BCUT2D eigenvalue weighted by atomic mass is 19.1. The minimum Gasteiger partial charge on any atom is -0.345 e. The van der Waals surface area contributed by atoms with Gasteiger partial charge in [-0.15, -0.1) is 0 Å². The highest BCUT2D eigenvalue weighted by molar-refractivity contribution is 5.61. The molecule has 1 saturated carbocycles. The van der Waals surface area contributed by atoms with Gasteiger partial charge in [-0.3, -0.25) is 4.79 Å². The number of aldehydes is 1. The molecule has 2 aromatic rings. The Labute approximate surface area is 170 Å². The van der Waals surface area contributed by atoms with Gasteiger partial charge in [-0.25, -0.2) is 9.07 Å². The van der Waals surface area contributed by atoms with E-state index in [1.54, 1.807) is 17.0 Å². The van der Waals surface area contributed by atoms with Crippen molar-refractivity contribution < 1.29 is 14.0 Å². The topological polar surface area (TPSA) is 55.2 Å². The molecule has 1 amide bonds. The molecule has 1 aromatic heterocycles. The van der Waals surface area contributed by atoms with Gasteiger partial charge in [-0.1, -0.05) is 12.5 Å². The summed E-state index contributed by atoms with van der Waals surface area (Å²) in [7, 11) is 0. The van der Waals surface area contributed by atoms with Crippen molar-refractivity contribution >= 4 is 18.8 Å². The summed E-state index contributed by atoms with van der Waals surface area (Å²) in [5.41, 5.74) is 4.47. The molecule has 0 aliphatic heterocycles. The first kappa shape index (κ1) is 19.6. The van der Waals surface area contributed by atoms with E-state index < -0.39 is 0 Å². The zero-order valence-electron chi connectivity index (χ0n) is 16.7. The van der Waals surface area contributed by atoms with E-state index in [9.17, 15) is 14.0 Å². The molecule has 152 valence electrons. The molecular formula is C23H26FN3O2. The third-order valence-electron chi connectivity index (χ3n) is 6.60. The van der Waals surface area contributed by atoms with Crippen LogP contribution in [0.25, 0.3) is 11.8 Å². The number of aromatic nitrogens is 2. The molecule has 0 radical (unpaired) electrons. The number of rotatable bonds is 7. The lowest BCUT2D eigenvalue weighted by molar-refractivity contribution is -0.119. The summed E-state index contributed by atoms with van der Waals surface area (Å²) < 4.78 is 15.2. The van der Waals surface area contributed by atoms with Crippen molar-refractivity contribution in [2.24, 2.45) is 11.3 Å². The van der Waals surface area contributed by atoms with Crippen molar-refractivity contribution in [3.8, 4) is 5.69 Å². The Morgan fingerprint density at radius 2 is 2.10 bits per heavy atom. The second-order valence-electron chi connectivity index (χ2n) is 8.35. The summed E-state index contributed by atoms with van der Waals surface area (Å²) in [6, 6.07) is 6.39. The maximum Gasteiger partial charge on any atom is 0.209 e. The van der Waals surface area contributed by atoms with Gasteiger partial charge >= 0.3 is 0 Å². The van der Waals surface area contributed by atoms with Crippen molar-refractivity contribution in [2.45, 2.75) is 39.0 Å². The number of carbonyl (C=O) groups excluding carboxylic acids is 2. The maximum atomic E-state index is 13.3. The van der Waals surface area contributed by atoms with Gasteiger partial charge in [0.2, 0.25) is 6.41 Å². The maximum absolute atomic E-state index is 13.3. The van der Waals surface area contributed by atoms with Crippen molar-refractivity contribution in [1.82, 2.24) is 14.7 Å². The average Bonchev–Trinajstić information content (AvgIpc) is 3.12. The fourth-order valence-corrected chi connectivity index (χ4v) is 4.91. The number of halogens is 1. The first-order chi connectivity index (χ1) is 14.0. The van der Waals surface area contributed by atoms with Crippen molar-refractivity contribution in [3.63, 3.8) is 0 Å². The predicted molar refractivity (Wildman–Crippen MR) is 109 cm³/mol. The lowest BCUT2D eigenvalue weighted by atomic mass is 9.59. The van der Waals surface area contributed by atoms with E-state index in [-0.39, 0.29) is 11.2 Å². The van der Waals surface area contributed by atoms with Crippen LogP contribution in [0.4, 0.5) is 4.39 Å². The summed E-state index contributed by atoms with van der Waals surface area (Å²) in [5.74, 6) is 0.0896. The number of fused-ring (bicyclic) bond motifs is 2. The number of hydrogen-bond acceptors (Lipinski definition) is 3. The first-order valence-electron chi connectivity index (χ1n) is 10.2. The van der Waals surface area contributed by atoms with E-state index in [0.717, 1.165) is 49.8 Å². The van der Waals surface area contributed by atoms with Crippen LogP contribution in [0.1, 0.15) is 43.9 Å². The number of amides is 1. The predicted octanol–water partition coefficient (Wildman–Crippen LogP) is 3.80. The quantitative estimate of drug-likeness (QED) is 0.670. The Morgan fingerprint density at radius 1 is 1.31 bits per heavy atom. The van der Waals surface area contributed by atoms with Crippen LogP contribution in [0.5, 0.6) is 0 Å². The summed E-state index contributed by atoms with van der Waals surface area (Å²) in [5, 5.41) is 4.57. The van der Waals surface area contributed by atoms with Crippen LogP contribution in [-0.4, -0.2) is 40.5 Å². The molecule has 0 bridgehead atoms. The summed E-state index contributed by atoms with van der Waals surface area (Å²) in [6.07, 6.45) is 10.3. The molecule has 1 unspecified atom stereocenters. The number of allylic oxidation sites excluding steroid dienone is 1. The Morgan fingerprint density at radius 3 is 2.83 bits per heavy atom. The van der Waals surface area contributed by atoms with Crippen molar-refractivity contribution in [3.05, 3.63) is 53.1 Å². The normalized spacial score (nSPS) is 23.0. The lowest BCUT2D eigenvalue weighted by Gasteiger charge is -2.47. The van der Waals surface area contributed by atoms with E-state index in [0.29, 0.717) is 25.4 Å². The molecule has 1 aromatic carbocycles. The average molecular weight is 395 g/mol. The molecule has 2 aliphatic rings. The highest BCUT2D eigenvalue weighted by Crippen LogP contribution is 2.51. The third-order valence-corrected chi connectivity index (χ3v) is 6.60. The summed E-state index contributed by atoms with van der Waals surface area (Å²) in [4.78, 5) is 23.9. The molecule has 0 N–H and O–H groups in total. The van der Waals surface area contributed by atoms with Crippen LogP contribution in [-0.2, 0) is 16.0 Å². The monoisotopic (exact) mass is 395 g/mol. The first-order valence-corrected chi connectivity index (χ1v) is 10.2. The van der Waals surface area contributed by atoms with Crippen LogP contribution in [0.15, 0.2) is 36.0 Å². The zero-order chi connectivity index (χ0) is 20.4. The van der Waals surface area contributed by atoms with Crippen molar-refractivity contribution in [2.75, 3.05) is 13.1 Å². The molecule has 2 aliphatic carbocycles.